The normalized spacial score (nSPS) is 12.7. The van der Waals surface area contributed by atoms with Crippen molar-refractivity contribution >= 4 is 5.91 Å². The Morgan fingerprint density at radius 2 is 1.80 bits per heavy atom. The fourth-order valence-electron chi connectivity index (χ4n) is 2.54. The van der Waals surface area contributed by atoms with Gasteiger partial charge in [-0.2, -0.15) is 0 Å². The van der Waals surface area contributed by atoms with Crippen molar-refractivity contribution in [3.05, 3.63) is 35.9 Å². The number of amides is 1. The first-order valence-corrected chi connectivity index (χ1v) is 7.47. The average molecular weight is 277 g/mol. The van der Waals surface area contributed by atoms with Gasteiger partial charge in [-0.3, -0.25) is 15.1 Å². The van der Waals surface area contributed by atoms with Crippen molar-refractivity contribution in [1.29, 1.82) is 0 Å². The summed E-state index contributed by atoms with van der Waals surface area (Å²) < 4.78 is 0. The molecule has 3 N–H and O–H groups in total. The molecule has 0 bridgehead atoms. The summed E-state index contributed by atoms with van der Waals surface area (Å²) in [6.07, 6.45) is 2.25. The summed E-state index contributed by atoms with van der Waals surface area (Å²) in [5.74, 6) is 5.83. The highest BCUT2D eigenvalue weighted by Gasteiger charge is 2.27. The molecule has 0 aromatic heterocycles. The second-order valence-corrected chi connectivity index (χ2v) is 5.09. The molecule has 1 aromatic carbocycles. The van der Waals surface area contributed by atoms with Crippen molar-refractivity contribution in [2.75, 3.05) is 13.1 Å². The maximum Gasteiger partial charge on any atom is 0.255 e. The molecule has 0 aliphatic rings. The van der Waals surface area contributed by atoms with Crippen LogP contribution >= 0.6 is 0 Å². The second kappa shape index (κ2) is 8.72. The molecule has 0 radical (unpaired) electrons. The van der Waals surface area contributed by atoms with Gasteiger partial charge >= 0.3 is 0 Å². The first-order chi connectivity index (χ1) is 9.67. The third-order valence-electron chi connectivity index (χ3n) is 3.92. The van der Waals surface area contributed by atoms with Crippen molar-refractivity contribution in [2.45, 2.75) is 39.7 Å². The number of nitrogens with two attached hydrogens (primary N) is 1. The van der Waals surface area contributed by atoms with Crippen molar-refractivity contribution in [3.63, 3.8) is 0 Å². The Morgan fingerprint density at radius 3 is 2.25 bits per heavy atom. The highest BCUT2D eigenvalue weighted by molar-refractivity contribution is 5.82. The molecule has 4 nitrogen and oxygen atoms in total. The van der Waals surface area contributed by atoms with Crippen LogP contribution in [0.5, 0.6) is 0 Å². The average Bonchev–Trinajstić information content (AvgIpc) is 2.51. The minimum absolute atomic E-state index is 0.149. The molecule has 1 amide bonds. The summed E-state index contributed by atoms with van der Waals surface area (Å²) in [5.41, 5.74) is 3.30. The summed E-state index contributed by atoms with van der Waals surface area (Å²) in [4.78, 5) is 14.4. The molecule has 20 heavy (non-hydrogen) atoms. The molecule has 4 heteroatoms. The molecule has 0 fully saturated rings. The van der Waals surface area contributed by atoms with Crippen LogP contribution in [0.25, 0.3) is 0 Å². The van der Waals surface area contributed by atoms with Crippen LogP contribution in [-0.2, 0) is 4.79 Å². The second-order valence-electron chi connectivity index (χ2n) is 5.09. The van der Waals surface area contributed by atoms with E-state index in [4.69, 9.17) is 5.84 Å². The van der Waals surface area contributed by atoms with Crippen molar-refractivity contribution < 1.29 is 4.79 Å². The Bertz CT molecular complexity index is 390. The van der Waals surface area contributed by atoms with Gasteiger partial charge in [0, 0.05) is 6.54 Å². The number of nitrogens with zero attached hydrogens (tertiary/aromatic N) is 1. The summed E-state index contributed by atoms with van der Waals surface area (Å²) in [5, 5.41) is 0. The third kappa shape index (κ3) is 4.32. The maximum absolute atomic E-state index is 12.2. The van der Waals surface area contributed by atoms with E-state index in [0.717, 1.165) is 31.5 Å². The smallest absolute Gasteiger partial charge is 0.255 e. The Hall–Kier alpha value is -1.39. The lowest BCUT2D eigenvalue weighted by atomic mass is 9.99. The van der Waals surface area contributed by atoms with Gasteiger partial charge in [0.15, 0.2) is 0 Å². The summed E-state index contributed by atoms with van der Waals surface area (Å²) in [7, 11) is 0. The van der Waals surface area contributed by atoms with Crippen molar-refractivity contribution in [1.82, 2.24) is 10.3 Å². The SMILES string of the molecule is CCC(CC)CN(CC)C(C(=O)NN)c1ccccc1. The van der Waals surface area contributed by atoms with E-state index in [-0.39, 0.29) is 11.9 Å². The number of carbonyl (C=O) groups excluding carboxylic acids is 1. The zero-order chi connectivity index (χ0) is 15.0. The van der Waals surface area contributed by atoms with E-state index in [9.17, 15) is 4.79 Å². The van der Waals surface area contributed by atoms with Gasteiger partial charge in [0.05, 0.1) is 0 Å². The van der Waals surface area contributed by atoms with E-state index in [1.54, 1.807) is 0 Å². The van der Waals surface area contributed by atoms with Crippen molar-refractivity contribution in [2.24, 2.45) is 11.8 Å². The van der Waals surface area contributed by atoms with Crippen LogP contribution < -0.4 is 11.3 Å². The van der Waals surface area contributed by atoms with E-state index in [1.807, 2.05) is 30.3 Å². The van der Waals surface area contributed by atoms with Gasteiger partial charge in [-0.25, -0.2) is 5.84 Å². The van der Waals surface area contributed by atoms with Crippen LogP contribution in [0.1, 0.15) is 45.2 Å². The Kier molecular flexibility index (Phi) is 7.26. The van der Waals surface area contributed by atoms with Gasteiger partial charge in [0.2, 0.25) is 0 Å². The van der Waals surface area contributed by atoms with Crippen LogP contribution in [0.4, 0.5) is 0 Å². The fourth-order valence-corrected chi connectivity index (χ4v) is 2.54. The zero-order valence-electron chi connectivity index (χ0n) is 12.8. The summed E-state index contributed by atoms with van der Waals surface area (Å²) in [6.45, 7) is 8.22. The van der Waals surface area contributed by atoms with Crippen LogP contribution in [0, 0.1) is 5.92 Å². The predicted octanol–water partition coefficient (Wildman–Crippen LogP) is 2.48. The van der Waals surface area contributed by atoms with Gasteiger partial charge < -0.3 is 0 Å². The standard InChI is InChI=1S/C16H27N3O/c1-4-13(5-2)12-19(6-3)15(16(20)18-17)14-10-8-7-9-11-14/h7-11,13,15H,4-6,12,17H2,1-3H3,(H,18,20). The molecule has 0 spiro atoms. The number of hydrogen-bond donors (Lipinski definition) is 2. The molecule has 1 rings (SSSR count). The molecule has 0 saturated heterocycles. The van der Waals surface area contributed by atoms with Gasteiger partial charge in [-0.1, -0.05) is 63.9 Å². The number of hydrogen-bond acceptors (Lipinski definition) is 3. The lowest BCUT2D eigenvalue weighted by Gasteiger charge is -2.32. The summed E-state index contributed by atoms with van der Waals surface area (Å²) >= 11 is 0. The Balaban J connectivity index is 2.99. The number of nitrogens with one attached hydrogen (secondary N) is 1. The first-order valence-electron chi connectivity index (χ1n) is 7.47. The molecule has 0 aliphatic carbocycles. The van der Waals surface area contributed by atoms with Gasteiger partial charge in [0.1, 0.15) is 6.04 Å². The van der Waals surface area contributed by atoms with Gasteiger partial charge in [-0.05, 0) is 18.0 Å². The minimum atomic E-state index is -0.313. The predicted molar refractivity (Wildman–Crippen MR) is 82.8 cm³/mol. The monoisotopic (exact) mass is 277 g/mol. The van der Waals surface area contributed by atoms with Crippen LogP contribution in [0.3, 0.4) is 0 Å². The fraction of sp³-hybridized carbons (Fsp3) is 0.562. The van der Waals surface area contributed by atoms with Crippen LogP contribution in [-0.4, -0.2) is 23.9 Å². The Morgan fingerprint density at radius 1 is 1.20 bits per heavy atom. The molecular formula is C16H27N3O. The van der Waals surface area contributed by atoms with E-state index in [2.05, 4.69) is 31.1 Å². The first kappa shape index (κ1) is 16.7. The molecule has 1 atom stereocenters. The number of rotatable bonds is 8. The maximum atomic E-state index is 12.2. The summed E-state index contributed by atoms with van der Waals surface area (Å²) in [6, 6.07) is 9.52. The lowest BCUT2D eigenvalue weighted by molar-refractivity contribution is -0.127. The lowest BCUT2D eigenvalue weighted by Crippen LogP contribution is -2.44. The van der Waals surface area contributed by atoms with E-state index in [1.165, 1.54) is 0 Å². The topological polar surface area (TPSA) is 58.4 Å². The van der Waals surface area contributed by atoms with Crippen molar-refractivity contribution in [3.8, 4) is 0 Å². The van der Waals surface area contributed by atoms with E-state index in [0.29, 0.717) is 5.92 Å². The number of benzene rings is 1. The minimum Gasteiger partial charge on any atom is -0.293 e. The van der Waals surface area contributed by atoms with E-state index < -0.39 is 0 Å². The number of likely N-dealkylation sites (N-methyl/N-ethyl adjacent to an activating group) is 1. The van der Waals surface area contributed by atoms with Gasteiger partial charge in [0.25, 0.3) is 5.91 Å². The number of hydrazine groups is 1. The molecule has 112 valence electrons. The highest BCUT2D eigenvalue weighted by atomic mass is 16.2. The Labute approximate surface area is 122 Å². The molecule has 1 aromatic rings. The van der Waals surface area contributed by atoms with Crippen LogP contribution in [0.2, 0.25) is 0 Å². The van der Waals surface area contributed by atoms with E-state index >= 15 is 0 Å². The highest BCUT2D eigenvalue weighted by Crippen LogP contribution is 2.23. The quantitative estimate of drug-likeness (QED) is 0.436. The van der Waals surface area contributed by atoms with Crippen LogP contribution in [0.15, 0.2) is 30.3 Å². The molecule has 0 saturated carbocycles. The molecular weight excluding hydrogens is 250 g/mol. The molecule has 0 aliphatic heterocycles. The largest absolute Gasteiger partial charge is 0.293 e. The molecule has 1 unspecified atom stereocenters. The zero-order valence-corrected chi connectivity index (χ0v) is 12.8. The number of carbonyl (C=O) groups is 1. The van der Waals surface area contributed by atoms with Gasteiger partial charge in [-0.15, -0.1) is 0 Å². The molecule has 0 heterocycles. The third-order valence-corrected chi connectivity index (χ3v) is 3.92.